The molecule has 74 valence electrons. The number of piperidine rings is 1. The summed E-state index contributed by atoms with van der Waals surface area (Å²) < 4.78 is 1.26. The van der Waals surface area contributed by atoms with Crippen molar-refractivity contribution in [2.24, 2.45) is 11.8 Å². The van der Waals surface area contributed by atoms with E-state index >= 15 is 0 Å². The summed E-state index contributed by atoms with van der Waals surface area (Å²) in [6, 6.07) is 4.32. The van der Waals surface area contributed by atoms with Gasteiger partial charge in [0.2, 0.25) is 0 Å². The Morgan fingerprint density at radius 2 is 2.07 bits per heavy atom. The molecule has 2 heterocycles. The van der Waals surface area contributed by atoms with Crippen molar-refractivity contribution in [2.75, 3.05) is 18.0 Å². The van der Waals surface area contributed by atoms with Gasteiger partial charge in [0, 0.05) is 16.7 Å². The van der Waals surface area contributed by atoms with Crippen LogP contribution in [0.4, 0.5) is 5.82 Å². The molecule has 3 rings (SSSR count). The maximum Gasteiger partial charge on any atom is 0.128 e. The van der Waals surface area contributed by atoms with Crippen molar-refractivity contribution in [1.29, 1.82) is 0 Å². The highest BCUT2D eigenvalue weighted by Gasteiger charge is 2.45. The minimum atomic E-state index is 0.983. The van der Waals surface area contributed by atoms with Crippen LogP contribution in [-0.4, -0.2) is 18.1 Å². The van der Waals surface area contributed by atoms with Gasteiger partial charge in [0.1, 0.15) is 5.82 Å². The number of pyridine rings is 1. The Labute approximate surface area is 97.9 Å². The molecule has 1 saturated carbocycles. The molecule has 1 aromatic heterocycles. The molecule has 2 atom stereocenters. The number of fused-ring (bicyclic) bond motifs is 1. The lowest BCUT2D eigenvalue weighted by Crippen LogP contribution is -2.23. The standard InChI is InChI=1S/C11H13IN2/c1-7-10(12)2-3-11(13-7)14-5-8-4-9(8)6-14/h2-3,8-9H,4-6H2,1H3. The first-order valence-electron chi connectivity index (χ1n) is 5.12. The van der Waals surface area contributed by atoms with Gasteiger partial charge in [-0.25, -0.2) is 4.98 Å². The highest BCUT2D eigenvalue weighted by atomic mass is 127. The van der Waals surface area contributed by atoms with Gasteiger partial charge in [0.25, 0.3) is 0 Å². The summed E-state index contributed by atoms with van der Waals surface area (Å²) in [6.07, 6.45) is 1.46. The number of aromatic nitrogens is 1. The van der Waals surface area contributed by atoms with Crippen molar-refractivity contribution in [3.05, 3.63) is 21.4 Å². The number of aryl methyl sites for hydroxylation is 1. The molecule has 0 bridgehead atoms. The quantitative estimate of drug-likeness (QED) is 0.741. The van der Waals surface area contributed by atoms with Gasteiger partial charge < -0.3 is 4.90 Å². The lowest BCUT2D eigenvalue weighted by molar-refractivity contribution is 0.802. The normalized spacial score (nSPS) is 29.1. The minimum Gasteiger partial charge on any atom is -0.356 e. The molecular formula is C11H13IN2. The fraction of sp³-hybridized carbons (Fsp3) is 0.545. The number of halogens is 1. The van der Waals surface area contributed by atoms with Crippen LogP contribution in [0.15, 0.2) is 12.1 Å². The fourth-order valence-corrected chi connectivity index (χ4v) is 2.59. The van der Waals surface area contributed by atoms with Crippen molar-refractivity contribution in [3.8, 4) is 0 Å². The molecule has 2 aliphatic rings. The molecule has 2 nitrogen and oxygen atoms in total. The number of hydrogen-bond acceptors (Lipinski definition) is 2. The van der Waals surface area contributed by atoms with E-state index < -0.39 is 0 Å². The Morgan fingerprint density at radius 1 is 1.36 bits per heavy atom. The highest BCUT2D eigenvalue weighted by molar-refractivity contribution is 14.1. The Morgan fingerprint density at radius 3 is 2.71 bits per heavy atom. The van der Waals surface area contributed by atoms with Crippen molar-refractivity contribution in [1.82, 2.24) is 4.98 Å². The maximum absolute atomic E-state index is 4.63. The molecule has 3 heteroatoms. The zero-order valence-electron chi connectivity index (χ0n) is 8.20. The average molecular weight is 300 g/mol. The molecule has 1 saturated heterocycles. The van der Waals surface area contributed by atoms with Crippen molar-refractivity contribution in [2.45, 2.75) is 13.3 Å². The molecule has 1 aliphatic carbocycles. The second kappa shape index (κ2) is 3.08. The topological polar surface area (TPSA) is 16.1 Å². The van der Waals surface area contributed by atoms with Crippen LogP contribution in [0, 0.1) is 22.3 Å². The first kappa shape index (κ1) is 8.95. The number of rotatable bonds is 1. The SMILES string of the molecule is Cc1nc(N2CC3CC3C2)ccc1I. The monoisotopic (exact) mass is 300 g/mol. The third kappa shape index (κ3) is 1.42. The van der Waals surface area contributed by atoms with Gasteiger partial charge >= 0.3 is 0 Å². The van der Waals surface area contributed by atoms with Gasteiger partial charge in [-0.15, -0.1) is 0 Å². The molecule has 0 spiro atoms. The van der Waals surface area contributed by atoms with Crippen LogP contribution >= 0.6 is 22.6 Å². The van der Waals surface area contributed by atoms with E-state index in [1.807, 2.05) is 0 Å². The van der Waals surface area contributed by atoms with Crippen molar-refractivity contribution in [3.63, 3.8) is 0 Å². The first-order valence-corrected chi connectivity index (χ1v) is 6.20. The smallest absolute Gasteiger partial charge is 0.128 e. The second-order valence-electron chi connectivity index (χ2n) is 4.40. The molecule has 1 aliphatic heterocycles. The van der Waals surface area contributed by atoms with Gasteiger partial charge in [-0.1, -0.05) is 0 Å². The summed E-state index contributed by atoms with van der Waals surface area (Å²) in [5, 5.41) is 0. The molecular weight excluding hydrogens is 287 g/mol. The van der Waals surface area contributed by atoms with Gasteiger partial charge in [0.15, 0.2) is 0 Å². The van der Waals surface area contributed by atoms with Crippen LogP contribution < -0.4 is 4.90 Å². The van der Waals surface area contributed by atoms with E-state index in [0.717, 1.165) is 17.5 Å². The lowest BCUT2D eigenvalue weighted by atomic mass is 10.3. The molecule has 0 radical (unpaired) electrons. The summed E-state index contributed by atoms with van der Waals surface area (Å²) in [4.78, 5) is 7.06. The van der Waals surface area contributed by atoms with Crippen LogP contribution in [0.5, 0.6) is 0 Å². The second-order valence-corrected chi connectivity index (χ2v) is 5.56. The summed E-state index contributed by atoms with van der Waals surface area (Å²) in [5.74, 6) is 3.14. The van der Waals surface area contributed by atoms with Gasteiger partial charge in [-0.3, -0.25) is 0 Å². The lowest BCUT2D eigenvalue weighted by Gasteiger charge is -2.19. The summed E-state index contributed by atoms with van der Waals surface area (Å²) >= 11 is 2.34. The van der Waals surface area contributed by atoms with Crippen molar-refractivity contribution >= 4 is 28.4 Å². The number of anilines is 1. The average Bonchev–Trinajstić information content (AvgIpc) is 2.78. The fourth-order valence-electron chi connectivity index (χ4n) is 2.29. The first-order chi connectivity index (χ1) is 6.74. The van der Waals surface area contributed by atoms with Crippen LogP contribution in [0.25, 0.3) is 0 Å². The zero-order valence-corrected chi connectivity index (χ0v) is 10.4. The Hall–Kier alpha value is -0.320. The largest absolute Gasteiger partial charge is 0.356 e. The van der Waals surface area contributed by atoms with Gasteiger partial charge in [-0.2, -0.15) is 0 Å². The van der Waals surface area contributed by atoms with Crippen LogP contribution in [0.1, 0.15) is 12.1 Å². The van der Waals surface area contributed by atoms with Crippen LogP contribution in [0.2, 0.25) is 0 Å². The van der Waals surface area contributed by atoms with Gasteiger partial charge in [0.05, 0.1) is 5.69 Å². The Kier molecular flexibility index (Phi) is 1.97. The van der Waals surface area contributed by atoms with Gasteiger partial charge in [-0.05, 0) is 59.9 Å². The summed E-state index contributed by atoms with van der Waals surface area (Å²) in [5.41, 5.74) is 1.16. The van der Waals surface area contributed by atoms with E-state index in [0.29, 0.717) is 0 Å². The van der Waals surface area contributed by atoms with E-state index in [4.69, 9.17) is 0 Å². The number of nitrogens with zero attached hydrogens (tertiary/aromatic N) is 2. The molecule has 0 amide bonds. The van der Waals surface area contributed by atoms with E-state index in [-0.39, 0.29) is 0 Å². The molecule has 1 aromatic rings. The third-order valence-corrected chi connectivity index (χ3v) is 4.45. The summed E-state index contributed by atoms with van der Waals surface area (Å²) in [7, 11) is 0. The maximum atomic E-state index is 4.63. The predicted octanol–water partition coefficient (Wildman–Crippen LogP) is 2.45. The molecule has 2 fully saturated rings. The van der Waals surface area contributed by atoms with Crippen LogP contribution in [0.3, 0.4) is 0 Å². The summed E-state index contributed by atoms with van der Waals surface area (Å²) in [6.45, 7) is 4.55. The molecule has 14 heavy (non-hydrogen) atoms. The van der Waals surface area contributed by atoms with Crippen molar-refractivity contribution < 1.29 is 0 Å². The predicted molar refractivity (Wildman–Crippen MR) is 65.5 cm³/mol. The van der Waals surface area contributed by atoms with E-state index in [1.54, 1.807) is 0 Å². The minimum absolute atomic E-state index is 0.983. The molecule has 0 aromatic carbocycles. The van der Waals surface area contributed by atoms with E-state index in [2.05, 4.69) is 51.5 Å². The highest BCUT2D eigenvalue weighted by Crippen LogP contribution is 2.45. The van der Waals surface area contributed by atoms with Crippen LogP contribution in [-0.2, 0) is 0 Å². The molecule has 0 N–H and O–H groups in total. The van der Waals surface area contributed by atoms with E-state index in [1.165, 1.54) is 28.9 Å². The number of hydrogen-bond donors (Lipinski definition) is 0. The third-order valence-electron chi connectivity index (χ3n) is 3.31. The Bertz CT molecular complexity index is 368. The molecule has 2 unspecified atom stereocenters. The Balaban J connectivity index is 1.86. The zero-order chi connectivity index (χ0) is 9.71. The van der Waals surface area contributed by atoms with E-state index in [9.17, 15) is 0 Å².